The number of nitrogens with one attached hydrogen (secondary N) is 3. The van der Waals surface area contributed by atoms with Gasteiger partial charge in [0.15, 0.2) is 0 Å². The molecule has 8 heteroatoms. The first-order chi connectivity index (χ1) is 10.9. The number of carbonyl (C=O) groups is 1. The maximum absolute atomic E-state index is 12.3. The van der Waals surface area contributed by atoms with Crippen molar-refractivity contribution in [1.82, 2.24) is 20.5 Å². The number of H-pyrrole nitrogens is 2. The van der Waals surface area contributed by atoms with E-state index in [2.05, 4.69) is 20.5 Å². The van der Waals surface area contributed by atoms with E-state index in [0.717, 1.165) is 5.56 Å². The second-order valence-electron chi connectivity index (χ2n) is 5.57. The van der Waals surface area contributed by atoms with Crippen LogP contribution in [0.2, 0.25) is 5.02 Å². The van der Waals surface area contributed by atoms with Crippen molar-refractivity contribution in [2.75, 3.05) is 7.11 Å². The molecular weight excluding hydrogens is 320 g/mol. The van der Waals surface area contributed by atoms with Crippen molar-refractivity contribution in [2.24, 2.45) is 5.92 Å². The van der Waals surface area contributed by atoms with Gasteiger partial charge in [-0.15, -0.1) is 5.10 Å². The van der Waals surface area contributed by atoms with E-state index in [4.69, 9.17) is 16.3 Å². The topological polar surface area (TPSA) is 99.9 Å². The second-order valence-corrected chi connectivity index (χ2v) is 6.00. The van der Waals surface area contributed by atoms with Crippen LogP contribution in [0.4, 0.5) is 0 Å². The van der Waals surface area contributed by atoms with E-state index in [-0.39, 0.29) is 11.9 Å². The Morgan fingerprint density at radius 3 is 2.74 bits per heavy atom. The highest BCUT2D eigenvalue weighted by Gasteiger charge is 2.22. The number of methoxy groups -OCH3 is 1. The number of halogens is 1. The maximum Gasteiger partial charge on any atom is 0.341 e. The number of amides is 1. The lowest BCUT2D eigenvalue weighted by Gasteiger charge is -2.22. The molecule has 2 rings (SSSR count). The van der Waals surface area contributed by atoms with Gasteiger partial charge < -0.3 is 10.1 Å². The van der Waals surface area contributed by atoms with E-state index in [9.17, 15) is 9.59 Å². The largest absolute Gasteiger partial charge is 0.496 e. The van der Waals surface area contributed by atoms with Crippen molar-refractivity contribution in [2.45, 2.75) is 26.3 Å². The Hall–Kier alpha value is -2.28. The average molecular weight is 339 g/mol. The first-order valence-corrected chi connectivity index (χ1v) is 7.57. The molecule has 0 saturated carbocycles. The first kappa shape index (κ1) is 17.1. The van der Waals surface area contributed by atoms with Gasteiger partial charge in [-0.05, 0) is 30.5 Å². The van der Waals surface area contributed by atoms with Crippen molar-refractivity contribution in [3.05, 3.63) is 45.1 Å². The second kappa shape index (κ2) is 7.32. The van der Waals surface area contributed by atoms with Crippen LogP contribution in [0.15, 0.2) is 23.0 Å². The standard InChI is InChI=1S/C15H19ClN4O3/c1-8(2)6-11(10-7-9(16)4-5-12(10)23-3)17-14(21)13-18-15(22)20-19-13/h4-5,7-8,11H,6H2,1-3H3,(H,17,21)(H2,18,19,20,22)/t11-/m0/s1. The molecule has 1 aromatic carbocycles. The Bertz CT molecular complexity index is 738. The van der Waals surface area contributed by atoms with Gasteiger partial charge in [-0.1, -0.05) is 25.4 Å². The molecule has 2 aromatic rings. The summed E-state index contributed by atoms with van der Waals surface area (Å²) in [7, 11) is 1.56. The molecule has 0 aliphatic rings. The average Bonchev–Trinajstić information content (AvgIpc) is 2.92. The Kier molecular flexibility index (Phi) is 5.44. The molecule has 0 bridgehead atoms. The molecule has 1 atom stereocenters. The third kappa shape index (κ3) is 4.35. The predicted octanol–water partition coefficient (Wildman–Crippen LogP) is 2.28. The lowest BCUT2D eigenvalue weighted by atomic mass is 9.96. The minimum absolute atomic E-state index is 0.0650. The van der Waals surface area contributed by atoms with Crippen molar-refractivity contribution < 1.29 is 9.53 Å². The maximum atomic E-state index is 12.3. The van der Waals surface area contributed by atoms with E-state index in [1.807, 2.05) is 13.8 Å². The van der Waals surface area contributed by atoms with Gasteiger partial charge in [-0.25, -0.2) is 9.89 Å². The summed E-state index contributed by atoms with van der Waals surface area (Å²) < 4.78 is 5.36. The smallest absolute Gasteiger partial charge is 0.341 e. The Morgan fingerprint density at radius 2 is 2.17 bits per heavy atom. The molecule has 0 aliphatic carbocycles. The molecule has 7 nitrogen and oxygen atoms in total. The van der Waals surface area contributed by atoms with Crippen LogP contribution in [0.5, 0.6) is 5.75 Å². The predicted molar refractivity (Wildman–Crippen MR) is 86.9 cm³/mol. The van der Waals surface area contributed by atoms with Gasteiger partial charge in [0.05, 0.1) is 13.2 Å². The van der Waals surface area contributed by atoms with Crippen molar-refractivity contribution in [3.63, 3.8) is 0 Å². The SMILES string of the molecule is COc1ccc(Cl)cc1[C@H](CC(C)C)NC(=O)c1n[nH]c(=O)[nH]1. The number of carbonyl (C=O) groups excluding carboxylic acids is 1. The molecule has 0 radical (unpaired) electrons. The van der Waals surface area contributed by atoms with E-state index in [1.54, 1.807) is 25.3 Å². The van der Waals surface area contributed by atoms with Crippen molar-refractivity contribution >= 4 is 17.5 Å². The van der Waals surface area contributed by atoms with E-state index in [0.29, 0.717) is 23.1 Å². The minimum Gasteiger partial charge on any atom is -0.496 e. The molecule has 0 aliphatic heterocycles. The van der Waals surface area contributed by atoms with Crippen molar-refractivity contribution in [3.8, 4) is 5.75 Å². The molecule has 0 spiro atoms. The molecule has 3 N–H and O–H groups in total. The summed E-state index contributed by atoms with van der Waals surface area (Å²) in [6.07, 6.45) is 0.678. The molecule has 1 amide bonds. The fourth-order valence-corrected chi connectivity index (χ4v) is 2.50. The Labute approximate surface area is 138 Å². The van der Waals surface area contributed by atoms with Gasteiger partial charge >= 0.3 is 5.69 Å². The zero-order valence-electron chi connectivity index (χ0n) is 13.1. The number of nitrogens with zero attached hydrogens (tertiary/aromatic N) is 1. The summed E-state index contributed by atoms with van der Waals surface area (Å²) in [5, 5.41) is 9.23. The van der Waals surface area contributed by atoms with E-state index in [1.165, 1.54) is 0 Å². The number of hydrogen-bond acceptors (Lipinski definition) is 4. The fraction of sp³-hybridized carbons (Fsp3) is 0.400. The van der Waals surface area contributed by atoms with Crippen LogP contribution < -0.4 is 15.7 Å². The number of ether oxygens (including phenoxy) is 1. The van der Waals surface area contributed by atoms with Gasteiger partial charge in [0, 0.05) is 10.6 Å². The highest BCUT2D eigenvalue weighted by Crippen LogP contribution is 2.32. The van der Waals surface area contributed by atoms with Crippen LogP contribution in [-0.2, 0) is 0 Å². The number of hydrogen-bond donors (Lipinski definition) is 3. The van der Waals surface area contributed by atoms with Crippen molar-refractivity contribution in [1.29, 1.82) is 0 Å². The third-order valence-corrected chi connectivity index (χ3v) is 3.53. The fourth-order valence-electron chi connectivity index (χ4n) is 2.32. The van der Waals surface area contributed by atoms with Crippen LogP contribution in [-0.4, -0.2) is 28.2 Å². The first-order valence-electron chi connectivity index (χ1n) is 7.19. The zero-order chi connectivity index (χ0) is 17.0. The number of aromatic amines is 2. The summed E-state index contributed by atoms with van der Waals surface area (Å²) in [6, 6.07) is 4.93. The van der Waals surface area contributed by atoms with Gasteiger partial charge in [0.1, 0.15) is 5.75 Å². The number of aromatic nitrogens is 3. The summed E-state index contributed by atoms with van der Waals surface area (Å²) >= 11 is 6.08. The molecule has 124 valence electrons. The number of benzene rings is 1. The van der Waals surface area contributed by atoms with Gasteiger partial charge in [0.2, 0.25) is 5.82 Å². The highest BCUT2D eigenvalue weighted by atomic mass is 35.5. The summed E-state index contributed by atoms with van der Waals surface area (Å²) in [5.74, 6) is 0.416. The Morgan fingerprint density at radius 1 is 1.43 bits per heavy atom. The molecular formula is C15H19ClN4O3. The quantitative estimate of drug-likeness (QED) is 0.752. The van der Waals surface area contributed by atoms with Gasteiger partial charge in [-0.3, -0.25) is 9.78 Å². The molecule has 0 unspecified atom stereocenters. The normalized spacial score (nSPS) is 12.2. The molecule has 23 heavy (non-hydrogen) atoms. The molecule has 0 fully saturated rings. The van der Waals surface area contributed by atoms with Crippen LogP contribution in [0.1, 0.15) is 42.5 Å². The van der Waals surface area contributed by atoms with Crippen LogP contribution in [0.25, 0.3) is 0 Å². The highest BCUT2D eigenvalue weighted by molar-refractivity contribution is 6.30. The summed E-state index contributed by atoms with van der Waals surface area (Å²) in [6.45, 7) is 4.10. The molecule has 0 saturated heterocycles. The monoisotopic (exact) mass is 338 g/mol. The zero-order valence-corrected chi connectivity index (χ0v) is 13.9. The van der Waals surface area contributed by atoms with Crippen LogP contribution in [0.3, 0.4) is 0 Å². The summed E-state index contributed by atoms with van der Waals surface area (Å²) in [4.78, 5) is 25.7. The summed E-state index contributed by atoms with van der Waals surface area (Å²) in [5.41, 5.74) is 0.246. The lowest BCUT2D eigenvalue weighted by molar-refractivity contribution is 0.0921. The molecule has 1 heterocycles. The number of rotatable bonds is 6. The Balaban J connectivity index is 2.32. The van der Waals surface area contributed by atoms with Crippen LogP contribution >= 0.6 is 11.6 Å². The molecule has 1 aromatic heterocycles. The van der Waals surface area contributed by atoms with E-state index < -0.39 is 11.6 Å². The minimum atomic E-state index is -0.532. The van der Waals surface area contributed by atoms with Gasteiger partial charge in [-0.2, -0.15) is 0 Å². The van der Waals surface area contributed by atoms with Crippen LogP contribution in [0, 0.1) is 5.92 Å². The third-order valence-electron chi connectivity index (χ3n) is 3.30. The van der Waals surface area contributed by atoms with Gasteiger partial charge in [0.25, 0.3) is 5.91 Å². The van der Waals surface area contributed by atoms with E-state index >= 15 is 0 Å². The lowest BCUT2D eigenvalue weighted by Crippen LogP contribution is -2.31.